The number of halogens is 1. The molecule has 6 nitrogen and oxygen atoms in total. The number of aliphatic hydroxyl groups excluding tert-OH is 1. The number of ether oxygens (including phenoxy) is 2. The van der Waals surface area contributed by atoms with Crippen molar-refractivity contribution in [3.63, 3.8) is 0 Å². The Bertz CT molecular complexity index is 790. The summed E-state index contributed by atoms with van der Waals surface area (Å²) in [6, 6.07) is 0. The summed E-state index contributed by atoms with van der Waals surface area (Å²) < 4.78 is 25.9. The van der Waals surface area contributed by atoms with Crippen LogP contribution in [0.5, 0.6) is 0 Å². The van der Waals surface area contributed by atoms with E-state index in [0.29, 0.717) is 25.0 Å². The van der Waals surface area contributed by atoms with Gasteiger partial charge in [0.2, 0.25) is 0 Å². The second-order valence-corrected chi connectivity index (χ2v) is 10.1. The molecule has 4 rings (SSSR count). The third kappa shape index (κ3) is 2.56. The van der Waals surface area contributed by atoms with Crippen molar-refractivity contribution in [3.8, 4) is 0 Å². The van der Waals surface area contributed by atoms with Crippen LogP contribution in [0.4, 0.5) is 4.39 Å². The van der Waals surface area contributed by atoms with Crippen LogP contribution in [0.3, 0.4) is 0 Å². The Labute approximate surface area is 170 Å². The second-order valence-electron chi connectivity index (χ2n) is 10.1. The number of allylic oxidation sites excluding steroid dienone is 1. The highest BCUT2D eigenvalue weighted by atomic mass is 19.1. The number of fused-ring (bicyclic) bond motifs is 5. The lowest BCUT2D eigenvalue weighted by molar-refractivity contribution is -0.268. The standard InChI is InChI=1S/C22H31FO6/c1-10-6-7-22(27)8-13-12-9-28-16(12)15(23)18(25)21(13,5)19(26)17(29-11(2)24)14(10)20(22,3)4/h12-13,15-18,25,27H,6-9H2,1-5H3/t12?,13?,15-,16?,17-,18+,21+,22-/m1/s1. The quantitative estimate of drug-likeness (QED) is 0.508. The van der Waals surface area contributed by atoms with Crippen molar-refractivity contribution in [2.24, 2.45) is 22.7 Å². The van der Waals surface area contributed by atoms with Gasteiger partial charge in [-0.2, -0.15) is 0 Å². The van der Waals surface area contributed by atoms with Crippen LogP contribution in [-0.2, 0) is 19.1 Å². The molecule has 2 bridgehead atoms. The minimum Gasteiger partial charge on any atom is -0.450 e. The first kappa shape index (κ1) is 20.9. The average molecular weight is 410 g/mol. The molecule has 1 aliphatic heterocycles. The summed E-state index contributed by atoms with van der Waals surface area (Å²) >= 11 is 0. The first-order chi connectivity index (χ1) is 13.4. The second kappa shape index (κ2) is 6.34. The van der Waals surface area contributed by atoms with Gasteiger partial charge in [0.05, 0.1) is 23.7 Å². The van der Waals surface area contributed by atoms with Crippen LogP contribution >= 0.6 is 0 Å². The smallest absolute Gasteiger partial charge is 0.303 e. The predicted octanol–water partition coefficient (Wildman–Crippen LogP) is 2.11. The van der Waals surface area contributed by atoms with Gasteiger partial charge < -0.3 is 19.7 Å². The third-order valence-corrected chi connectivity index (χ3v) is 8.50. The average Bonchev–Trinajstić information content (AvgIpc) is 2.59. The highest BCUT2D eigenvalue weighted by molar-refractivity contribution is 5.94. The van der Waals surface area contributed by atoms with Crippen molar-refractivity contribution in [2.45, 2.75) is 84.0 Å². The maximum Gasteiger partial charge on any atom is 0.303 e. The van der Waals surface area contributed by atoms with Crippen molar-refractivity contribution in [1.82, 2.24) is 0 Å². The molecule has 4 aliphatic rings. The molecule has 0 aromatic carbocycles. The molecule has 8 atom stereocenters. The van der Waals surface area contributed by atoms with E-state index in [1.54, 1.807) is 6.92 Å². The monoisotopic (exact) mass is 410 g/mol. The van der Waals surface area contributed by atoms with Crippen LogP contribution < -0.4 is 0 Å². The molecule has 0 amide bonds. The van der Waals surface area contributed by atoms with E-state index in [-0.39, 0.29) is 12.3 Å². The van der Waals surface area contributed by atoms with E-state index in [0.717, 1.165) is 5.57 Å². The molecule has 1 heterocycles. The van der Waals surface area contributed by atoms with Crippen molar-refractivity contribution in [1.29, 1.82) is 0 Å². The lowest BCUT2D eigenvalue weighted by atomic mass is 9.47. The maximum absolute atomic E-state index is 15.0. The Morgan fingerprint density at radius 3 is 2.52 bits per heavy atom. The van der Waals surface area contributed by atoms with E-state index in [4.69, 9.17) is 9.47 Å². The van der Waals surface area contributed by atoms with Crippen LogP contribution in [0.2, 0.25) is 0 Å². The lowest BCUT2D eigenvalue weighted by Crippen LogP contribution is -2.72. The van der Waals surface area contributed by atoms with Crippen LogP contribution in [0.25, 0.3) is 0 Å². The Kier molecular flexibility index (Phi) is 4.58. The van der Waals surface area contributed by atoms with E-state index in [1.165, 1.54) is 6.92 Å². The normalized spacial score (nSPS) is 48.6. The van der Waals surface area contributed by atoms with Crippen molar-refractivity contribution >= 4 is 11.8 Å². The van der Waals surface area contributed by atoms with Gasteiger partial charge in [0.25, 0.3) is 0 Å². The molecule has 3 unspecified atom stereocenters. The fourth-order valence-corrected chi connectivity index (χ4v) is 6.45. The van der Waals surface area contributed by atoms with E-state index in [2.05, 4.69) is 0 Å². The van der Waals surface area contributed by atoms with Crippen LogP contribution in [-0.4, -0.2) is 58.7 Å². The van der Waals surface area contributed by atoms with Gasteiger partial charge in [-0.05, 0) is 44.6 Å². The predicted molar refractivity (Wildman–Crippen MR) is 102 cm³/mol. The first-order valence-corrected chi connectivity index (χ1v) is 10.4. The largest absolute Gasteiger partial charge is 0.450 e. The van der Waals surface area contributed by atoms with Gasteiger partial charge in [-0.3, -0.25) is 9.59 Å². The molecular weight excluding hydrogens is 379 g/mol. The zero-order valence-electron chi connectivity index (χ0n) is 17.7. The number of esters is 1. The molecule has 1 saturated heterocycles. The van der Waals surface area contributed by atoms with Crippen LogP contribution in [0, 0.1) is 22.7 Å². The Morgan fingerprint density at radius 2 is 1.97 bits per heavy atom. The number of rotatable bonds is 1. The molecule has 0 aromatic heterocycles. The summed E-state index contributed by atoms with van der Waals surface area (Å²) in [5.74, 6) is -1.85. The van der Waals surface area contributed by atoms with Gasteiger partial charge in [-0.25, -0.2) is 4.39 Å². The van der Waals surface area contributed by atoms with Gasteiger partial charge in [-0.15, -0.1) is 0 Å². The Hall–Kier alpha value is -1.31. The summed E-state index contributed by atoms with van der Waals surface area (Å²) in [7, 11) is 0. The van der Waals surface area contributed by atoms with Crippen molar-refractivity contribution in [3.05, 3.63) is 11.1 Å². The van der Waals surface area contributed by atoms with Crippen molar-refractivity contribution in [2.75, 3.05) is 6.61 Å². The molecule has 0 spiro atoms. The van der Waals surface area contributed by atoms with Crippen LogP contribution in [0.1, 0.15) is 53.9 Å². The molecule has 3 aliphatic carbocycles. The summed E-state index contributed by atoms with van der Waals surface area (Å²) in [6.07, 6.45) is -3.96. The minimum atomic E-state index is -1.70. The van der Waals surface area contributed by atoms with E-state index in [9.17, 15) is 24.2 Å². The summed E-state index contributed by atoms with van der Waals surface area (Å²) in [4.78, 5) is 25.8. The number of ketones is 1. The third-order valence-electron chi connectivity index (χ3n) is 8.50. The molecule has 7 heteroatoms. The Balaban J connectivity index is 1.94. The number of alkyl halides is 1. The number of Topliss-reactive ketones (excluding diaryl/α,β-unsaturated/α-hetero) is 1. The SMILES string of the molecule is CC(=O)O[C@H]1C(=O)[C@@]2(C)C(C[C@]3(O)CCC(C)=C1C3(C)C)C1COC1[C@@H](F)[C@@H]2O. The van der Waals surface area contributed by atoms with E-state index < -0.39 is 58.6 Å². The summed E-state index contributed by atoms with van der Waals surface area (Å²) in [5, 5.41) is 22.7. The fourth-order valence-electron chi connectivity index (χ4n) is 6.45. The van der Waals surface area contributed by atoms with Gasteiger partial charge in [0.15, 0.2) is 18.1 Å². The lowest BCUT2D eigenvalue weighted by Gasteiger charge is -2.62. The highest BCUT2D eigenvalue weighted by Crippen LogP contribution is 2.61. The Morgan fingerprint density at radius 1 is 1.31 bits per heavy atom. The fraction of sp³-hybridized carbons (Fsp3) is 0.818. The molecule has 162 valence electrons. The van der Waals surface area contributed by atoms with Gasteiger partial charge in [0.1, 0.15) is 6.10 Å². The molecular formula is C22H31FO6. The molecule has 0 aromatic rings. The summed E-state index contributed by atoms with van der Waals surface area (Å²) in [6.45, 7) is 8.73. The van der Waals surface area contributed by atoms with Gasteiger partial charge >= 0.3 is 5.97 Å². The number of carbonyl (C=O) groups is 2. The minimum absolute atomic E-state index is 0.264. The van der Waals surface area contributed by atoms with E-state index in [1.807, 2.05) is 20.8 Å². The highest BCUT2D eigenvalue weighted by Gasteiger charge is 2.69. The number of hydrogen-bond acceptors (Lipinski definition) is 6. The topological polar surface area (TPSA) is 93.1 Å². The van der Waals surface area contributed by atoms with Gasteiger partial charge in [-0.1, -0.05) is 19.4 Å². The molecule has 29 heavy (non-hydrogen) atoms. The van der Waals surface area contributed by atoms with Gasteiger partial charge in [0, 0.05) is 18.3 Å². The van der Waals surface area contributed by atoms with Crippen LogP contribution in [0.15, 0.2) is 11.1 Å². The maximum atomic E-state index is 15.0. The zero-order chi connectivity index (χ0) is 21.5. The number of carbonyl (C=O) groups excluding carboxylic acids is 2. The first-order valence-electron chi connectivity index (χ1n) is 10.4. The summed E-state index contributed by atoms with van der Waals surface area (Å²) in [5.41, 5.74) is -1.99. The molecule has 2 N–H and O–H groups in total. The van der Waals surface area contributed by atoms with E-state index >= 15 is 0 Å². The van der Waals surface area contributed by atoms with Crippen molar-refractivity contribution < 1.29 is 33.7 Å². The number of hydrogen-bond donors (Lipinski definition) is 2. The number of aliphatic hydroxyl groups is 2. The molecule has 3 fully saturated rings. The zero-order valence-corrected chi connectivity index (χ0v) is 17.7. The molecule has 2 saturated carbocycles. The molecule has 0 radical (unpaired) electrons.